The molecule has 1 atom stereocenters. The Hall–Kier alpha value is 0.545. The Labute approximate surface area is 48.9 Å². The fourth-order valence-corrected chi connectivity index (χ4v) is 0.567. The van der Waals surface area contributed by atoms with E-state index in [9.17, 15) is 0 Å². The summed E-state index contributed by atoms with van der Waals surface area (Å²) in [4.78, 5) is 0. The van der Waals surface area contributed by atoms with E-state index >= 15 is 0 Å². The van der Waals surface area contributed by atoms with Crippen LogP contribution in [-0.4, -0.2) is 13.2 Å². The van der Waals surface area contributed by atoms with Crippen molar-refractivity contribution in [2.24, 2.45) is 0 Å². The fourth-order valence-electron chi connectivity index (χ4n) is 0.109. The Bertz CT molecular complexity index is 26.7. The van der Waals surface area contributed by atoms with E-state index in [1.54, 1.807) is 0 Å². The van der Waals surface area contributed by atoms with Crippen LogP contribution in [0.15, 0.2) is 0 Å². The molecule has 0 spiro atoms. The Balaban J connectivity index is 2.75. The van der Waals surface area contributed by atoms with Gasteiger partial charge in [0.25, 0.3) is 0 Å². The number of rotatable bonds is 2. The van der Waals surface area contributed by atoms with Gasteiger partial charge in [0.05, 0.1) is 0 Å². The summed E-state index contributed by atoms with van der Waals surface area (Å²) in [6.07, 6.45) is 1.28. The number of alkyl halides is 1. The summed E-state index contributed by atoms with van der Waals surface area (Å²) in [5.41, 5.74) is 0. The third-order valence-electron chi connectivity index (χ3n) is 0.960. The first-order chi connectivity index (χ1) is 2.81. The second-order valence-electron chi connectivity index (χ2n) is 1.67. The van der Waals surface area contributed by atoms with Crippen LogP contribution in [0.3, 0.4) is 0 Å². The highest BCUT2D eigenvalue weighted by Crippen LogP contribution is 2.05. The average Bonchev–Trinajstić information content (AvgIpc) is 1.65. The van der Waals surface area contributed by atoms with Crippen LogP contribution >= 0.6 is 15.9 Å². The molecule has 0 nitrogen and oxygen atoms in total. The normalized spacial score (nSPS) is 14.3. The zero-order valence-electron chi connectivity index (χ0n) is 4.37. The van der Waals surface area contributed by atoms with Crippen LogP contribution in [0.25, 0.3) is 0 Å². The second-order valence-corrected chi connectivity index (χ2v) is 2.32. The third-order valence-corrected chi connectivity index (χ3v) is 2.07. The van der Waals surface area contributed by atoms with Gasteiger partial charge in [0.2, 0.25) is 0 Å². The highest BCUT2D eigenvalue weighted by molar-refractivity contribution is 9.09. The van der Waals surface area contributed by atoms with Crippen molar-refractivity contribution in [3.63, 3.8) is 0 Å². The van der Waals surface area contributed by atoms with Gasteiger partial charge in [-0.2, -0.15) is 0 Å². The lowest BCUT2D eigenvalue weighted by Gasteiger charge is -1.97. The van der Waals surface area contributed by atoms with E-state index in [2.05, 4.69) is 30.7 Å². The molecule has 0 bridgehead atoms. The van der Waals surface area contributed by atoms with Gasteiger partial charge in [0, 0.05) is 0 Å². The Kier molecular flexibility index (Phi) is 4.06. The molecule has 1 unspecified atom stereocenters. The van der Waals surface area contributed by atoms with Crippen LogP contribution in [-0.2, 0) is 0 Å². The van der Waals surface area contributed by atoms with Gasteiger partial charge in [-0.05, 0) is 5.33 Å². The molecule has 0 N–H and O–H groups in total. The Morgan fingerprint density at radius 1 is 1.83 bits per heavy atom. The molecule has 0 radical (unpaired) electrons. The van der Waals surface area contributed by atoms with Crippen LogP contribution < -0.4 is 0 Å². The predicted octanol–water partition coefficient (Wildman–Crippen LogP) is 1.21. The molecular formula is C4H10BBr. The maximum atomic E-state index is 3.37. The Morgan fingerprint density at radius 2 is 2.33 bits per heavy atom. The molecule has 2 heteroatoms. The van der Waals surface area contributed by atoms with Crippen molar-refractivity contribution in [3.05, 3.63) is 0 Å². The number of hydrogen-bond acceptors (Lipinski definition) is 0. The molecule has 0 aromatic heterocycles. The molecule has 6 heavy (non-hydrogen) atoms. The smallest absolute Gasteiger partial charge is 0.0933 e. The topological polar surface area (TPSA) is 0 Å². The summed E-state index contributed by atoms with van der Waals surface area (Å²) < 4.78 is 0. The summed E-state index contributed by atoms with van der Waals surface area (Å²) in [7, 11) is 2.23. The lowest BCUT2D eigenvalue weighted by Crippen LogP contribution is -1.87. The monoisotopic (exact) mass is 148 g/mol. The molecule has 0 aromatic carbocycles. The predicted molar refractivity (Wildman–Crippen MR) is 36.4 cm³/mol. The molecule has 0 aliphatic carbocycles. The molecule has 0 aromatic rings. The zero-order valence-corrected chi connectivity index (χ0v) is 5.96. The average molecular weight is 149 g/mol. The highest BCUT2D eigenvalue weighted by Gasteiger charge is 1.90. The lowest BCUT2D eigenvalue weighted by atomic mass is 9.88. The third kappa shape index (κ3) is 2.76. The van der Waals surface area contributed by atoms with Crippen molar-refractivity contribution in [2.45, 2.75) is 19.2 Å². The summed E-state index contributed by atoms with van der Waals surface area (Å²) in [5, 5.41) is 1.14. The minimum absolute atomic E-state index is 0.852. The molecule has 0 aliphatic rings. The molecule has 0 rings (SSSR count). The minimum Gasteiger partial charge on any atom is -0.0933 e. The number of hydrogen-bond donors (Lipinski definition) is 0. The van der Waals surface area contributed by atoms with E-state index in [4.69, 9.17) is 0 Å². The van der Waals surface area contributed by atoms with Crippen LogP contribution in [0.4, 0.5) is 0 Å². The largest absolute Gasteiger partial charge is 0.106 e. The van der Waals surface area contributed by atoms with Crippen molar-refractivity contribution < 1.29 is 0 Å². The van der Waals surface area contributed by atoms with E-state index in [0.29, 0.717) is 0 Å². The van der Waals surface area contributed by atoms with Gasteiger partial charge in [-0.25, -0.2) is 0 Å². The summed E-state index contributed by atoms with van der Waals surface area (Å²) in [6.45, 7) is 2.20. The molecule has 0 heterocycles. The molecule has 0 aliphatic heterocycles. The van der Waals surface area contributed by atoms with Crippen molar-refractivity contribution in [1.29, 1.82) is 0 Å². The van der Waals surface area contributed by atoms with Gasteiger partial charge in [-0.1, -0.05) is 35.1 Å². The van der Waals surface area contributed by atoms with Gasteiger partial charge >= 0.3 is 0 Å². The SMILES string of the molecule is BC(CC)CBr. The fraction of sp³-hybridized carbons (Fsp3) is 1.00. The van der Waals surface area contributed by atoms with Crippen LogP contribution in [0, 0.1) is 0 Å². The van der Waals surface area contributed by atoms with Gasteiger partial charge in [-0.15, -0.1) is 0 Å². The summed E-state index contributed by atoms with van der Waals surface area (Å²) >= 11 is 3.37. The first-order valence-electron chi connectivity index (χ1n) is 2.37. The van der Waals surface area contributed by atoms with Crippen molar-refractivity contribution in [2.75, 3.05) is 5.33 Å². The molecule has 0 fully saturated rings. The van der Waals surface area contributed by atoms with Crippen molar-refractivity contribution in [3.8, 4) is 0 Å². The Morgan fingerprint density at radius 3 is 2.33 bits per heavy atom. The molecule has 0 saturated heterocycles. The van der Waals surface area contributed by atoms with Crippen molar-refractivity contribution >= 4 is 23.8 Å². The van der Waals surface area contributed by atoms with Gasteiger partial charge < -0.3 is 0 Å². The highest BCUT2D eigenvalue weighted by atomic mass is 79.9. The van der Waals surface area contributed by atoms with Gasteiger partial charge in [0.1, 0.15) is 7.85 Å². The minimum atomic E-state index is 0.852. The first kappa shape index (κ1) is 6.54. The lowest BCUT2D eigenvalue weighted by molar-refractivity contribution is 0.896. The van der Waals surface area contributed by atoms with E-state index in [1.807, 2.05) is 0 Å². The standard InChI is InChI=1S/C4H10BBr/c1-2-4(5)3-6/h4H,2-3,5H2,1H3. The molecule has 0 amide bonds. The zero-order chi connectivity index (χ0) is 4.99. The first-order valence-corrected chi connectivity index (χ1v) is 3.49. The maximum Gasteiger partial charge on any atom is 0.106 e. The maximum absolute atomic E-state index is 3.37. The van der Waals surface area contributed by atoms with Crippen molar-refractivity contribution in [1.82, 2.24) is 0 Å². The van der Waals surface area contributed by atoms with Crippen LogP contribution in [0.5, 0.6) is 0 Å². The van der Waals surface area contributed by atoms with Gasteiger partial charge in [-0.3, -0.25) is 0 Å². The quantitative estimate of drug-likeness (QED) is 0.408. The van der Waals surface area contributed by atoms with E-state index in [1.165, 1.54) is 6.42 Å². The van der Waals surface area contributed by atoms with E-state index in [0.717, 1.165) is 11.1 Å². The summed E-state index contributed by atoms with van der Waals surface area (Å²) in [6, 6.07) is 0. The van der Waals surface area contributed by atoms with E-state index in [-0.39, 0.29) is 0 Å². The molecule has 0 saturated carbocycles. The molecule has 36 valence electrons. The van der Waals surface area contributed by atoms with Crippen LogP contribution in [0.2, 0.25) is 5.82 Å². The van der Waals surface area contributed by atoms with Crippen LogP contribution in [0.1, 0.15) is 13.3 Å². The molecular weight excluding hydrogens is 139 g/mol. The van der Waals surface area contributed by atoms with E-state index < -0.39 is 0 Å². The second kappa shape index (κ2) is 3.73. The summed E-state index contributed by atoms with van der Waals surface area (Å²) in [5.74, 6) is 0.852. The number of halogens is 1. The van der Waals surface area contributed by atoms with Gasteiger partial charge in [0.15, 0.2) is 0 Å².